The molecule has 96 valence electrons. The molecule has 1 aliphatic rings. The summed E-state index contributed by atoms with van der Waals surface area (Å²) in [4.78, 5) is 4.51. The Morgan fingerprint density at radius 3 is 2.65 bits per heavy atom. The van der Waals surface area contributed by atoms with Gasteiger partial charge >= 0.3 is 0 Å². The van der Waals surface area contributed by atoms with Crippen molar-refractivity contribution in [1.29, 1.82) is 0 Å². The van der Waals surface area contributed by atoms with E-state index in [0.29, 0.717) is 6.04 Å². The van der Waals surface area contributed by atoms with Gasteiger partial charge in [-0.3, -0.25) is 0 Å². The maximum atomic E-state index is 4.51. The summed E-state index contributed by atoms with van der Waals surface area (Å²) in [6, 6.07) is 0.407. The van der Waals surface area contributed by atoms with Crippen LogP contribution in [0.15, 0.2) is 12.4 Å². The van der Waals surface area contributed by atoms with Crippen molar-refractivity contribution in [2.75, 3.05) is 7.05 Å². The van der Waals surface area contributed by atoms with Gasteiger partial charge in [0.05, 0.1) is 6.04 Å². The van der Waals surface area contributed by atoms with Gasteiger partial charge in [-0.25, -0.2) is 4.98 Å². The van der Waals surface area contributed by atoms with Crippen molar-refractivity contribution in [2.45, 2.75) is 39.2 Å². The van der Waals surface area contributed by atoms with Crippen LogP contribution in [0.3, 0.4) is 0 Å². The minimum Gasteiger partial charge on any atom is -0.337 e. The first-order valence-corrected chi connectivity index (χ1v) is 6.78. The summed E-state index contributed by atoms with van der Waals surface area (Å²) in [6.45, 7) is 4.78. The number of aromatic nitrogens is 2. The molecule has 2 rings (SSSR count). The average Bonchev–Trinajstić information content (AvgIpc) is 2.71. The van der Waals surface area contributed by atoms with Gasteiger partial charge in [-0.2, -0.15) is 0 Å². The lowest BCUT2D eigenvalue weighted by Gasteiger charge is -2.36. The van der Waals surface area contributed by atoms with Crippen LogP contribution < -0.4 is 5.32 Å². The van der Waals surface area contributed by atoms with Gasteiger partial charge in [0.15, 0.2) is 0 Å². The van der Waals surface area contributed by atoms with Crippen molar-refractivity contribution >= 4 is 0 Å². The zero-order valence-electron chi connectivity index (χ0n) is 11.5. The van der Waals surface area contributed by atoms with Crippen LogP contribution in [0, 0.1) is 17.8 Å². The van der Waals surface area contributed by atoms with Crippen LogP contribution in [-0.4, -0.2) is 16.6 Å². The lowest BCUT2D eigenvalue weighted by molar-refractivity contribution is 0.170. The Labute approximate surface area is 105 Å². The number of imidazole rings is 1. The summed E-state index contributed by atoms with van der Waals surface area (Å²) >= 11 is 0. The highest BCUT2D eigenvalue weighted by Crippen LogP contribution is 2.39. The molecule has 0 aromatic carbocycles. The summed E-state index contributed by atoms with van der Waals surface area (Å²) in [5.41, 5.74) is 0. The van der Waals surface area contributed by atoms with Crippen molar-refractivity contribution in [2.24, 2.45) is 24.8 Å². The third-order valence-corrected chi connectivity index (χ3v) is 4.56. The van der Waals surface area contributed by atoms with Gasteiger partial charge < -0.3 is 9.88 Å². The zero-order valence-corrected chi connectivity index (χ0v) is 11.5. The molecule has 17 heavy (non-hydrogen) atoms. The first-order valence-electron chi connectivity index (χ1n) is 6.78. The first kappa shape index (κ1) is 12.6. The largest absolute Gasteiger partial charge is 0.337 e. The normalized spacial score (nSPS) is 31.4. The molecule has 1 aliphatic carbocycles. The van der Waals surface area contributed by atoms with Crippen molar-refractivity contribution in [3.63, 3.8) is 0 Å². The Hall–Kier alpha value is -0.830. The van der Waals surface area contributed by atoms with Gasteiger partial charge in [-0.1, -0.05) is 20.3 Å². The second-order valence-electron chi connectivity index (χ2n) is 5.69. The number of rotatable bonds is 3. The van der Waals surface area contributed by atoms with Gasteiger partial charge in [-0.15, -0.1) is 0 Å². The second kappa shape index (κ2) is 5.21. The highest BCUT2D eigenvalue weighted by molar-refractivity contribution is 5.02. The molecular formula is C14H25N3. The fourth-order valence-corrected chi connectivity index (χ4v) is 3.14. The maximum Gasteiger partial charge on any atom is 0.125 e. The van der Waals surface area contributed by atoms with Crippen molar-refractivity contribution in [3.8, 4) is 0 Å². The van der Waals surface area contributed by atoms with E-state index in [1.807, 2.05) is 12.4 Å². The highest BCUT2D eigenvalue weighted by Gasteiger charge is 2.31. The predicted molar refractivity (Wildman–Crippen MR) is 70.7 cm³/mol. The molecule has 4 unspecified atom stereocenters. The molecular weight excluding hydrogens is 210 g/mol. The Morgan fingerprint density at radius 2 is 2.12 bits per heavy atom. The van der Waals surface area contributed by atoms with Gasteiger partial charge in [0.25, 0.3) is 0 Å². The van der Waals surface area contributed by atoms with Crippen LogP contribution in [0.5, 0.6) is 0 Å². The standard InChI is InChI=1S/C14H25N3/c1-10-5-6-12(9-11(10)2)13(15-3)14-16-7-8-17(14)4/h7-8,10-13,15H,5-6,9H2,1-4H3. The van der Waals surface area contributed by atoms with E-state index >= 15 is 0 Å². The molecule has 1 aromatic rings. The van der Waals surface area contributed by atoms with E-state index in [1.165, 1.54) is 25.1 Å². The number of hydrogen-bond acceptors (Lipinski definition) is 2. The molecule has 0 spiro atoms. The van der Waals surface area contributed by atoms with Crippen LogP contribution in [0.1, 0.15) is 45.0 Å². The highest BCUT2D eigenvalue weighted by atomic mass is 15.1. The SMILES string of the molecule is CNC(c1nccn1C)C1CCC(C)C(C)C1. The summed E-state index contributed by atoms with van der Waals surface area (Å²) in [5.74, 6) is 3.63. The maximum absolute atomic E-state index is 4.51. The minimum atomic E-state index is 0.407. The molecule has 0 saturated heterocycles. The van der Waals surface area contributed by atoms with E-state index in [-0.39, 0.29) is 0 Å². The molecule has 0 aliphatic heterocycles. The predicted octanol–water partition coefficient (Wildman–Crippen LogP) is 2.75. The Bertz CT molecular complexity index is 358. The Balaban J connectivity index is 2.12. The van der Waals surface area contributed by atoms with E-state index in [9.17, 15) is 0 Å². The molecule has 3 heteroatoms. The monoisotopic (exact) mass is 235 g/mol. The van der Waals surface area contributed by atoms with E-state index in [0.717, 1.165) is 17.8 Å². The van der Waals surface area contributed by atoms with Gasteiger partial charge in [0.2, 0.25) is 0 Å². The first-order chi connectivity index (χ1) is 8.13. The van der Waals surface area contributed by atoms with Gasteiger partial charge in [-0.05, 0) is 37.6 Å². The molecule has 1 heterocycles. The van der Waals surface area contributed by atoms with Crippen LogP contribution in [0.4, 0.5) is 0 Å². The Morgan fingerprint density at radius 1 is 1.35 bits per heavy atom. The zero-order chi connectivity index (χ0) is 12.4. The second-order valence-corrected chi connectivity index (χ2v) is 5.69. The average molecular weight is 235 g/mol. The Kier molecular flexibility index (Phi) is 3.87. The van der Waals surface area contributed by atoms with Crippen LogP contribution in [-0.2, 0) is 7.05 Å². The quantitative estimate of drug-likeness (QED) is 0.873. The number of nitrogens with one attached hydrogen (secondary N) is 1. The molecule has 0 amide bonds. The van der Waals surface area contributed by atoms with Crippen molar-refractivity contribution in [3.05, 3.63) is 18.2 Å². The lowest BCUT2D eigenvalue weighted by atomic mass is 9.73. The smallest absolute Gasteiger partial charge is 0.125 e. The van der Waals surface area contributed by atoms with Crippen LogP contribution in [0.2, 0.25) is 0 Å². The molecule has 1 fully saturated rings. The lowest BCUT2D eigenvalue weighted by Crippen LogP contribution is -2.33. The summed E-state index contributed by atoms with van der Waals surface area (Å²) in [5, 5.41) is 3.47. The van der Waals surface area contributed by atoms with E-state index in [1.54, 1.807) is 0 Å². The topological polar surface area (TPSA) is 29.9 Å². The van der Waals surface area contributed by atoms with E-state index in [2.05, 4.69) is 42.8 Å². The van der Waals surface area contributed by atoms with Crippen molar-refractivity contribution in [1.82, 2.24) is 14.9 Å². The van der Waals surface area contributed by atoms with E-state index in [4.69, 9.17) is 0 Å². The summed E-state index contributed by atoms with van der Waals surface area (Å²) in [6.07, 6.45) is 7.93. The fourth-order valence-electron chi connectivity index (χ4n) is 3.14. The molecule has 1 N–H and O–H groups in total. The molecule has 0 radical (unpaired) electrons. The fraction of sp³-hybridized carbons (Fsp3) is 0.786. The number of aryl methyl sites for hydroxylation is 1. The summed E-state index contributed by atoms with van der Waals surface area (Å²) in [7, 11) is 4.14. The van der Waals surface area contributed by atoms with E-state index < -0.39 is 0 Å². The molecule has 0 bridgehead atoms. The van der Waals surface area contributed by atoms with Gasteiger partial charge in [0, 0.05) is 19.4 Å². The third kappa shape index (κ3) is 2.54. The molecule has 1 saturated carbocycles. The summed E-state index contributed by atoms with van der Waals surface area (Å²) < 4.78 is 2.14. The number of hydrogen-bond donors (Lipinski definition) is 1. The van der Waals surface area contributed by atoms with Crippen molar-refractivity contribution < 1.29 is 0 Å². The minimum absolute atomic E-state index is 0.407. The molecule has 4 atom stereocenters. The van der Waals surface area contributed by atoms with Crippen LogP contribution >= 0.6 is 0 Å². The van der Waals surface area contributed by atoms with Gasteiger partial charge in [0.1, 0.15) is 5.82 Å². The van der Waals surface area contributed by atoms with Crippen LogP contribution in [0.25, 0.3) is 0 Å². The number of nitrogens with zero attached hydrogens (tertiary/aromatic N) is 2. The molecule has 3 nitrogen and oxygen atoms in total. The third-order valence-electron chi connectivity index (χ3n) is 4.56. The molecule has 1 aromatic heterocycles.